The van der Waals surface area contributed by atoms with Gasteiger partial charge in [-0.25, -0.2) is 15.0 Å². The monoisotopic (exact) mass is 397 g/mol. The highest BCUT2D eigenvalue weighted by atomic mass is 32.2. The van der Waals surface area contributed by atoms with Crippen LogP contribution in [0.3, 0.4) is 0 Å². The fourth-order valence-corrected chi connectivity index (χ4v) is 3.95. The Hall–Kier alpha value is -2.41. The first kappa shape index (κ1) is 20.3. The summed E-state index contributed by atoms with van der Waals surface area (Å²) in [6, 6.07) is 7.79. The second kappa shape index (κ2) is 8.31. The van der Waals surface area contributed by atoms with E-state index in [2.05, 4.69) is 46.7 Å². The van der Waals surface area contributed by atoms with Crippen molar-refractivity contribution in [3.8, 4) is 0 Å². The highest BCUT2D eigenvalue weighted by Gasteiger charge is 2.23. The molecule has 0 aliphatic heterocycles. The molecule has 148 valence electrons. The van der Waals surface area contributed by atoms with E-state index < -0.39 is 0 Å². The molecule has 7 heteroatoms. The number of imidazole rings is 1. The van der Waals surface area contributed by atoms with Crippen molar-refractivity contribution in [3.63, 3.8) is 0 Å². The van der Waals surface area contributed by atoms with E-state index in [0.29, 0.717) is 16.3 Å². The maximum Gasteiger partial charge on any atom is 0.256 e. The van der Waals surface area contributed by atoms with Crippen molar-refractivity contribution in [1.82, 2.24) is 24.8 Å². The Labute approximate surface area is 170 Å². The van der Waals surface area contributed by atoms with E-state index in [0.717, 1.165) is 29.2 Å². The number of para-hydroxylation sites is 2. The summed E-state index contributed by atoms with van der Waals surface area (Å²) in [5, 5.41) is 3.81. The van der Waals surface area contributed by atoms with E-state index >= 15 is 0 Å². The quantitative estimate of drug-likeness (QED) is 0.490. The fourth-order valence-electron chi connectivity index (χ4n) is 3.33. The third-order valence-corrected chi connectivity index (χ3v) is 5.43. The predicted octanol–water partition coefficient (Wildman–Crippen LogP) is 4.49. The number of hydrogen-bond acceptors (Lipinski definition) is 5. The standard InChI is InChI=1S/C21H27N5OS/c1-7-26-16-11-9-8-10-15(16)24-19(26)14(5)23-20(27)17-13(4)22-18(12(2)3)25-21(17)28-6/h8-12,14H,7H2,1-6H3,(H,23,27). The van der Waals surface area contributed by atoms with Crippen molar-refractivity contribution in [1.29, 1.82) is 0 Å². The topological polar surface area (TPSA) is 72.7 Å². The van der Waals surface area contributed by atoms with Gasteiger partial charge in [-0.2, -0.15) is 0 Å². The maximum absolute atomic E-state index is 13.1. The van der Waals surface area contributed by atoms with Crippen molar-refractivity contribution < 1.29 is 4.79 Å². The van der Waals surface area contributed by atoms with Crippen LogP contribution >= 0.6 is 11.8 Å². The maximum atomic E-state index is 13.1. The smallest absolute Gasteiger partial charge is 0.256 e. The minimum absolute atomic E-state index is 0.167. The molecule has 0 aliphatic carbocycles. The van der Waals surface area contributed by atoms with Crippen LogP contribution in [0.25, 0.3) is 11.0 Å². The van der Waals surface area contributed by atoms with E-state index in [9.17, 15) is 4.79 Å². The van der Waals surface area contributed by atoms with Gasteiger partial charge < -0.3 is 9.88 Å². The molecule has 2 aromatic heterocycles. The number of carbonyl (C=O) groups is 1. The molecule has 1 N–H and O–H groups in total. The van der Waals surface area contributed by atoms with Gasteiger partial charge in [0.05, 0.1) is 28.3 Å². The minimum atomic E-state index is -0.237. The lowest BCUT2D eigenvalue weighted by atomic mass is 10.1. The highest BCUT2D eigenvalue weighted by Crippen LogP contribution is 2.25. The largest absolute Gasteiger partial charge is 0.342 e. The van der Waals surface area contributed by atoms with Crippen LogP contribution in [-0.2, 0) is 6.54 Å². The van der Waals surface area contributed by atoms with Crippen molar-refractivity contribution in [2.45, 2.75) is 58.1 Å². The number of aryl methyl sites for hydroxylation is 2. The minimum Gasteiger partial charge on any atom is -0.342 e. The van der Waals surface area contributed by atoms with Gasteiger partial charge in [0.1, 0.15) is 16.7 Å². The molecule has 1 amide bonds. The number of fused-ring (bicyclic) bond motifs is 1. The molecule has 28 heavy (non-hydrogen) atoms. The summed E-state index contributed by atoms with van der Waals surface area (Å²) >= 11 is 1.47. The fraction of sp³-hybridized carbons (Fsp3) is 0.429. The van der Waals surface area contributed by atoms with Crippen LogP contribution in [-0.4, -0.2) is 31.7 Å². The lowest BCUT2D eigenvalue weighted by Crippen LogP contribution is -2.30. The zero-order valence-corrected chi connectivity index (χ0v) is 18.1. The van der Waals surface area contributed by atoms with Gasteiger partial charge in [-0.3, -0.25) is 4.79 Å². The van der Waals surface area contributed by atoms with Crippen LogP contribution in [0.5, 0.6) is 0 Å². The third-order valence-electron chi connectivity index (χ3n) is 4.75. The summed E-state index contributed by atoms with van der Waals surface area (Å²) < 4.78 is 2.14. The number of benzene rings is 1. The first-order valence-corrected chi connectivity index (χ1v) is 10.8. The number of carbonyl (C=O) groups excluding carboxylic acids is 1. The van der Waals surface area contributed by atoms with Gasteiger partial charge in [-0.1, -0.05) is 26.0 Å². The molecule has 1 atom stereocenters. The van der Waals surface area contributed by atoms with Crippen molar-refractivity contribution in [2.24, 2.45) is 0 Å². The normalized spacial score (nSPS) is 12.5. The number of hydrogen-bond donors (Lipinski definition) is 1. The molecule has 0 radical (unpaired) electrons. The Kier molecular flexibility index (Phi) is 6.03. The van der Waals surface area contributed by atoms with Crippen LogP contribution in [0.4, 0.5) is 0 Å². The van der Waals surface area contributed by atoms with Gasteiger partial charge >= 0.3 is 0 Å². The van der Waals surface area contributed by atoms with E-state index in [1.165, 1.54) is 11.8 Å². The second-order valence-corrected chi connectivity index (χ2v) is 7.90. The molecule has 0 saturated carbocycles. The second-order valence-electron chi connectivity index (χ2n) is 7.10. The van der Waals surface area contributed by atoms with Gasteiger partial charge in [-0.05, 0) is 39.2 Å². The molecule has 2 heterocycles. The predicted molar refractivity (Wildman–Crippen MR) is 114 cm³/mol. The van der Waals surface area contributed by atoms with Gasteiger partial charge in [-0.15, -0.1) is 11.8 Å². The number of rotatable bonds is 6. The lowest BCUT2D eigenvalue weighted by Gasteiger charge is -2.18. The molecule has 0 spiro atoms. The van der Waals surface area contributed by atoms with Crippen LogP contribution in [0.1, 0.15) is 67.4 Å². The summed E-state index contributed by atoms with van der Waals surface area (Å²) in [6.07, 6.45) is 1.93. The zero-order chi connectivity index (χ0) is 20.4. The molecule has 1 aromatic carbocycles. The number of amides is 1. The molecule has 6 nitrogen and oxygen atoms in total. The van der Waals surface area contributed by atoms with E-state index in [1.54, 1.807) is 0 Å². The molecule has 0 aliphatic rings. The van der Waals surface area contributed by atoms with Crippen molar-refractivity contribution in [3.05, 3.63) is 47.2 Å². The van der Waals surface area contributed by atoms with Crippen LogP contribution in [0, 0.1) is 6.92 Å². The zero-order valence-electron chi connectivity index (χ0n) is 17.3. The van der Waals surface area contributed by atoms with Gasteiger partial charge in [0.15, 0.2) is 0 Å². The van der Waals surface area contributed by atoms with Gasteiger partial charge in [0.25, 0.3) is 5.91 Å². The summed E-state index contributed by atoms with van der Waals surface area (Å²) in [6.45, 7) is 10.8. The van der Waals surface area contributed by atoms with Crippen LogP contribution in [0.2, 0.25) is 0 Å². The van der Waals surface area contributed by atoms with Crippen LogP contribution in [0.15, 0.2) is 29.3 Å². The molecule has 0 saturated heterocycles. The average molecular weight is 398 g/mol. The first-order valence-electron chi connectivity index (χ1n) is 9.55. The van der Waals surface area contributed by atoms with E-state index in [1.807, 2.05) is 38.3 Å². The molecular formula is C21H27N5OS. The Morgan fingerprint density at radius 2 is 1.89 bits per heavy atom. The van der Waals surface area contributed by atoms with E-state index in [4.69, 9.17) is 4.98 Å². The number of nitrogens with zero attached hydrogens (tertiary/aromatic N) is 4. The molecule has 3 rings (SSSR count). The third kappa shape index (κ3) is 3.76. The van der Waals surface area contributed by atoms with Crippen molar-refractivity contribution >= 4 is 28.7 Å². The van der Waals surface area contributed by atoms with E-state index in [-0.39, 0.29) is 17.9 Å². The Morgan fingerprint density at radius 3 is 2.54 bits per heavy atom. The lowest BCUT2D eigenvalue weighted by molar-refractivity contribution is 0.0932. The Bertz CT molecular complexity index is 1010. The van der Waals surface area contributed by atoms with Gasteiger partial charge in [0.2, 0.25) is 0 Å². The Balaban J connectivity index is 1.93. The summed E-state index contributed by atoms with van der Waals surface area (Å²) in [5.41, 5.74) is 3.26. The van der Waals surface area contributed by atoms with Gasteiger partial charge in [0, 0.05) is 12.5 Å². The molecule has 0 fully saturated rings. The van der Waals surface area contributed by atoms with Crippen molar-refractivity contribution in [2.75, 3.05) is 6.26 Å². The molecular weight excluding hydrogens is 370 g/mol. The molecule has 1 unspecified atom stereocenters. The number of thioether (sulfide) groups is 1. The number of nitrogens with one attached hydrogen (secondary N) is 1. The SMILES string of the molecule is CCn1c(C(C)NC(=O)c2c(C)nc(C(C)C)nc2SC)nc2ccccc21. The van der Waals surface area contributed by atoms with Crippen LogP contribution < -0.4 is 5.32 Å². The highest BCUT2D eigenvalue weighted by molar-refractivity contribution is 7.98. The first-order chi connectivity index (χ1) is 13.4. The average Bonchev–Trinajstić information content (AvgIpc) is 3.05. The summed E-state index contributed by atoms with van der Waals surface area (Å²) in [5.74, 6) is 1.66. The Morgan fingerprint density at radius 1 is 1.18 bits per heavy atom. The summed E-state index contributed by atoms with van der Waals surface area (Å²) in [4.78, 5) is 27.0. The molecule has 0 bridgehead atoms. The number of aromatic nitrogens is 4. The molecule has 3 aromatic rings. The summed E-state index contributed by atoms with van der Waals surface area (Å²) in [7, 11) is 0.